The number of phenols is 1. The molecule has 0 fully saturated rings. The Kier molecular flexibility index (Phi) is 4.12. The molecule has 4 nitrogen and oxygen atoms in total. The lowest BCUT2D eigenvalue weighted by Gasteiger charge is -2.22. The van der Waals surface area contributed by atoms with Gasteiger partial charge in [-0.1, -0.05) is 25.5 Å². The van der Waals surface area contributed by atoms with Gasteiger partial charge < -0.3 is 15.5 Å². The van der Waals surface area contributed by atoms with Crippen LogP contribution in [-0.4, -0.2) is 21.7 Å². The van der Waals surface area contributed by atoms with Crippen LogP contribution in [0, 0.1) is 6.92 Å². The minimum atomic E-state index is -1.41. The number of phenolic OH excluding ortho intramolecular Hbond substituents is 1. The van der Waals surface area contributed by atoms with Gasteiger partial charge in [-0.15, -0.1) is 0 Å². The van der Waals surface area contributed by atoms with E-state index >= 15 is 0 Å². The molecular weight excluding hydrogens is 218 g/mol. The minimum Gasteiger partial charge on any atom is -0.505 e. The van der Waals surface area contributed by atoms with Crippen LogP contribution < -0.4 is 5.32 Å². The van der Waals surface area contributed by atoms with Crippen molar-refractivity contribution in [3.63, 3.8) is 0 Å². The predicted octanol–water partition coefficient (Wildman–Crippen LogP) is 2.19. The van der Waals surface area contributed by atoms with Crippen LogP contribution in [0.15, 0.2) is 18.2 Å². The number of amides is 1. The molecule has 0 saturated heterocycles. The van der Waals surface area contributed by atoms with E-state index in [0.717, 1.165) is 0 Å². The summed E-state index contributed by atoms with van der Waals surface area (Å²) in [6.07, 6.45) is 1.09. The first-order valence-electron chi connectivity index (χ1n) is 5.71. The Morgan fingerprint density at radius 2 is 2.12 bits per heavy atom. The number of hydrogen-bond donors (Lipinski definition) is 3. The van der Waals surface area contributed by atoms with Gasteiger partial charge in [-0.3, -0.25) is 4.79 Å². The second-order valence-electron chi connectivity index (χ2n) is 4.45. The summed E-state index contributed by atoms with van der Waals surface area (Å²) in [4.78, 5) is 11.8. The molecule has 1 unspecified atom stereocenters. The fraction of sp³-hybridized carbons (Fsp3) is 0.462. The normalized spacial score (nSPS) is 14.1. The number of benzene rings is 1. The molecule has 17 heavy (non-hydrogen) atoms. The van der Waals surface area contributed by atoms with Gasteiger partial charge in [0.05, 0.1) is 5.69 Å². The molecule has 0 saturated carbocycles. The van der Waals surface area contributed by atoms with Crippen LogP contribution >= 0.6 is 0 Å². The molecule has 1 amide bonds. The Morgan fingerprint density at radius 3 is 2.71 bits per heavy atom. The molecule has 1 aromatic rings. The number of hydrogen-bond acceptors (Lipinski definition) is 3. The number of carbonyl (C=O) groups is 1. The Bertz CT molecular complexity index is 413. The van der Waals surface area contributed by atoms with Gasteiger partial charge in [-0.2, -0.15) is 0 Å². The van der Waals surface area contributed by atoms with E-state index in [9.17, 15) is 15.0 Å². The Balaban J connectivity index is 2.85. The number of aromatic hydroxyl groups is 1. The summed E-state index contributed by atoms with van der Waals surface area (Å²) in [5, 5.41) is 22.2. The molecule has 4 heteroatoms. The largest absolute Gasteiger partial charge is 0.505 e. The molecule has 0 spiro atoms. The van der Waals surface area contributed by atoms with Crippen LogP contribution in [0.5, 0.6) is 5.75 Å². The van der Waals surface area contributed by atoms with E-state index in [1.165, 1.54) is 6.92 Å². The van der Waals surface area contributed by atoms with Crippen LogP contribution in [0.1, 0.15) is 32.3 Å². The summed E-state index contributed by atoms with van der Waals surface area (Å²) in [5.74, 6) is -0.464. The van der Waals surface area contributed by atoms with Crippen LogP contribution in [0.2, 0.25) is 0 Å². The molecule has 3 N–H and O–H groups in total. The third-order valence-corrected chi connectivity index (χ3v) is 2.71. The molecule has 0 aromatic heterocycles. The van der Waals surface area contributed by atoms with Crippen molar-refractivity contribution in [2.24, 2.45) is 0 Å². The highest BCUT2D eigenvalue weighted by atomic mass is 16.3. The van der Waals surface area contributed by atoms with Gasteiger partial charge in [-0.25, -0.2) is 0 Å². The fourth-order valence-corrected chi connectivity index (χ4v) is 1.62. The maximum atomic E-state index is 11.8. The van der Waals surface area contributed by atoms with Crippen LogP contribution in [0.3, 0.4) is 0 Å². The average Bonchev–Trinajstić information content (AvgIpc) is 2.24. The zero-order valence-corrected chi connectivity index (χ0v) is 10.4. The van der Waals surface area contributed by atoms with E-state index in [1.54, 1.807) is 25.1 Å². The molecule has 0 aliphatic rings. The van der Waals surface area contributed by atoms with E-state index in [0.29, 0.717) is 24.1 Å². The monoisotopic (exact) mass is 237 g/mol. The number of carbonyl (C=O) groups excluding carboxylic acids is 1. The van der Waals surface area contributed by atoms with Crippen molar-refractivity contribution in [1.82, 2.24) is 0 Å². The highest BCUT2D eigenvalue weighted by Crippen LogP contribution is 2.27. The molecule has 1 atom stereocenters. The smallest absolute Gasteiger partial charge is 0.256 e. The fourth-order valence-electron chi connectivity index (χ4n) is 1.62. The van der Waals surface area contributed by atoms with Gasteiger partial charge in [0, 0.05) is 0 Å². The van der Waals surface area contributed by atoms with Crippen molar-refractivity contribution in [3.05, 3.63) is 23.8 Å². The van der Waals surface area contributed by atoms with Gasteiger partial charge in [0.25, 0.3) is 5.91 Å². The predicted molar refractivity (Wildman–Crippen MR) is 67.0 cm³/mol. The highest BCUT2D eigenvalue weighted by Gasteiger charge is 2.29. The van der Waals surface area contributed by atoms with Gasteiger partial charge in [0.2, 0.25) is 0 Å². The molecule has 0 heterocycles. The number of anilines is 1. The summed E-state index contributed by atoms with van der Waals surface area (Å²) in [7, 11) is 0. The summed E-state index contributed by atoms with van der Waals surface area (Å²) >= 11 is 0. The quantitative estimate of drug-likeness (QED) is 0.703. The van der Waals surface area contributed by atoms with E-state index in [1.807, 2.05) is 6.92 Å². The first-order valence-corrected chi connectivity index (χ1v) is 5.71. The molecular formula is C13H19NO3. The molecule has 0 bridgehead atoms. The maximum absolute atomic E-state index is 11.8. The zero-order chi connectivity index (χ0) is 13.1. The summed E-state index contributed by atoms with van der Waals surface area (Å²) in [5.41, 5.74) is -0.408. The van der Waals surface area contributed by atoms with E-state index in [-0.39, 0.29) is 5.75 Å². The standard InChI is InChI=1S/C13H19NO3/c1-4-8-13(3,17)12(16)14-10-7-5-6-9(2)11(10)15/h5-7,15,17H,4,8H2,1-3H3,(H,14,16). The number of aryl methyl sites for hydroxylation is 1. The Hall–Kier alpha value is -1.55. The van der Waals surface area contributed by atoms with Crippen LogP contribution in [0.25, 0.3) is 0 Å². The van der Waals surface area contributed by atoms with Crippen molar-refractivity contribution in [3.8, 4) is 5.75 Å². The van der Waals surface area contributed by atoms with Crippen molar-refractivity contribution in [2.45, 2.75) is 39.2 Å². The summed E-state index contributed by atoms with van der Waals surface area (Å²) in [6.45, 7) is 5.11. The highest BCUT2D eigenvalue weighted by molar-refractivity contribution is 5.98. The molecule has 0 aliphatic carbocycles. The van der Waals surface area contributed by atoms with E-state index in [2.05, 4.69) is 5.32 Å². The molecule has 0 aliphatic heterocycles. The summed E-state index contributed by atoms with van der Waals surface area (Å²) in [6, 6.07) is 5.08. The number of nitrogens with one attached hydrogen (secondary N) is 1. The maximum Gasteiger partial charge on any atom is 0.256 e. The van der Waals surface area contributed by atoms with Crippen molar-refractivity contribution < 1.29 is 15.0 Å². The van der Waals surface area contributed by atoms with Crippen LogP contribution in [-0.2, 0) is 4.79 Å². The van der Waals surface area contributed by atoms with Gasteiger partial charge >= 0.3 is 0 Å². The van der Waals surface area contributed by atoms with Gasteiger partial charge in [-0.05, 0) is 31.9 Å². The molecule has 1 rings (SSSR count). The number of rotatable bonds is 4. The molecule has 1 aromatic carbocycles. The van der Waals surface area contributed by atoms with E-state index < -0.39 is 11.5 Å². The summed E-state index contributed by atoms with van der Waals surface area (Å²) < 4.78 is 0. The van der Waals surface area contributed by atoms with Crippen molar-refractivity contribution in [1.29, 1.82) is 0 Å². The lowest BCUT2D eigenvalue weighted by Crippen LogP contribution is -2.39. The SMILES string of the molecule is CCCC(C)(O)C(=O)Nc1cccc(C)c1O. The van der Waals surface area contributed by atoms with Crippen molar-refractivity contribution >= 4 is 11.6 Å². The average molecular weight is 237 g/mol. The lowest BCUT2D eigenvalue weighted by molar-refractivity contribution is -0.133. The van der Waals surface area contributed by atoms with Gasteiger partial charge in [0.1, 0.15) is 11.4 Å². The van der Waals surface area contributed by atoms with E-state index in [4.69, 9.17) is 0 Å². The third-order valence-electron chi connectivity index (χ3n) is 2.71. The third kappa shape index (κ3) is 3.20. The lowest BCUT2D eigenvalue weighted by atomic mass is 9.99. The number of para-hydroxylation sites is 1. The second-order valence-corrected chi connectivity index (χ2v) is 4.45. The molecule has 94 valence electrons. The Labute approximate surface area is 101 Å². The number of aliphatic hydroxyl groups is 1. The second kappa shape index (κ2) is 5.19. The minimum absolute atomic E-state index is 0.0353. The topological polar surface area (TPSA) is 69.6 Å². The first-order chi connectivity index (χ1) is 7.88. The van der Waals surface area contributed by atoms with Crippen molar-refractivity contribution in [2.75, 3.05) is 5.32 Å². The van der Waals surface area contributed by atoms with Crippen LogP contribution in [0.4, 0.5) is 5.69 Å². The zero-order valence-electron chi connectivity index (χ0n) is 10.4. The first kappa shape index (κ1) is 13.5. The molecule has 0 radical (unpaired) electrons. The van der Waals surface area contributed by atoms with Gasteiger partial charge in [0.15, 0.2) is 0 Å². The Morgan fingerprint density at radius 1 is 1.47 bits per heavy atom.